The zero-order valence-electron chi connectivity index (χ0n) is 20.1. The van der Waals surface area contributed by atoms with Gasteiger partial charge in [-0.05, 0) is 49.5 Å². The van der Waals surface area contributed by atoms with E-state index in [4.69, 9.17) is 10.8 Å². The van der Waals surface area contributed by atoms with Gasteiger partial charge in [-0.1, -0.05) is 12.1 Å². The van der Waals surface area contributed by atoms with Crippen LogP contribution in [0.1, 0.15) is 24.6 Å². The van der Waals surface area contributed by atoms with Crippen molar-refractivity contribution in [3.63, 3.8) is 0 Å². The van der Waals surface area contributed by atoms with E-state index >= 15 is 0 Å². The molecule has 0 bridgehead atoms. The normalized spacial score (nSPS) is 14.2. The number of nitrogens with zero attached hydrogens (tertiary/aromatic N) is 1. The fourth-order valence-electron chi connectivity index (χ4n) is 3.24. The summed E-state index contributed by atoms with van der Waals surface area (Å²) in [6.45, 7) is 1.32. The summed E-state index contributed by atoms with van der Waals surface area (Å²) < 4.78 is 0. The Labute approximate surface area is 212 Å². The molecule has 0 fully saturated rings. The third-order valence-electron chi connectivity index (χ3n) is 5.31. The summed E-state index contributed by atoms with van der Waals surface area (Å²) in [6.07, 6.45) is 5.28. The Morgan fingerprint density at radius 1 is 1.03 bits per heavy atom. The molecule has 1 aromatic carbocycles. The van der Waals surface area contributed by atoms with Crippen LogP contribution in [-0.2, 0) is 32.0 Å². The smallest absolute Gasteiger partial charge is 0.325 e. The number of carbonyl (C=O) groups is 4. The van der Waals surface area contributed by atoms with Gasteiger partial charge in [0, 0.05) is 18.3 Å². The van der Waals surface area contributed by atoms with Gasteiger partial charge in [0.25, 0.3) is 0 Å². The highest BCUT2D eigenvalue weighted by molar-refractivity contribution is 7.98. The van der Waals surface area contributed by atoms with Crippen LogP contribution in [-0.4, -0.2) is 80.0 Å². The number of carboxylic acid groups (broad SMARTS) is 1. The maximum Gasteiger partial charge on any atom is 0.325 e. The molecular formula is C23H32N6O6S. The summed E-state index contributed by atoms with van der Waals surface area (Å²) in [5.74, 6) is -2.42. The number of hydrogen-bond acceptors (Lipinski definition) is 8. The largest absolute Gasteiger partial charge is 0.508 e. The zero-order valence-corrected chi connectivity index (χ0v) is 20.9. The summed E-state index contributed by atoms with van der Waals surface area (Å²) >= 11 is 1.47. The number of rotatable bonds is 14. The number of amides is 3. The Kier molecular flexibility index (Phi) is 11.2. The number of aromatic amines is 1. The molecule has 36 heavy (non-hydrogen) atoms. The number of imidazole rings is 1. The van der Waals surface area contributed by atoms with E-state index in [0.29, 0.717) is 11.4 Å². The average Bonchev–Trinajstić information content (AvgIpc) is 3.35. The second kappa shape index (κ2) is 14.1. The topological polar surface area (TPSA) is 200 Å². The fourth-order valence-corrected chi connectivity index (χ4v) is 3.71. The molecule has 1 aromatic heterocycles. The number of carbonyl (C=O) groups excluding carboxylic acids is 3. The molecular weight excluding hydrogens is 488 g/mol. The number of nitrogens with one attached hydrogen (secondary N) is 4. The van der Waals surface area contributed by atoms with E-state index in [1.54, 1.807) is 12.1 Å². The van der Waals surface area contributed by atoms with Crippen molar-refractivity contribution in [2.45, 2.75) is 50.4 Å². The number of aliphatic carboxylic acids is 1. The zero-order chi connectivity index (χ0) is 26.7. The number of thioether (sulfide) groups is 1. The molecule has 4 unspecified atom stereocenters. The highest BCUT2D eigenvalue weighted by atomic mass is 32.2. The van der Waals surface area contributed by atoms with Crippen LogP contribution < -0.4 is 21.7 Å². The first-order valence-corrected chi connectivity index (χ1v) is 12.6. The third kappa shape index (κ3) is 9.23. The van der Waals surface area contributed by atoms with E-state index in [1.807, 2.05) is 6.26 Å². The van der Waals surface area contributed by atoms with Crippen molar-refractivity contribution in [1.82, 2.24) is 25.9 Å². The maximum atomic E-state index is 13.2. The lowest BCUT2D eigenvalue weighted by molar-refractivity contribution is -0.141. The van der Waals surface area contributed by atoms with Crippen LogP contribution in [0.15, 0.2) is 36.8 Å². The quantitative estimate of drug-likeness (QED) is 0.172. The van der Waals surface area contributed by atoms with Crippen LogP contribution in [0.5, 0.6) is 5.75 Å². The van der Waals surface area contributed by atoms with Gasteiger partial charge in [-0.2, -0.15) is 11.8 Å². The molecule has 13 heteroatoms. The van der Waals surface area contributed by atoms with Gasteiger partial charge in [-0.15, -0.1) is 0 Å². The number of H-pyrrole nitrogens is 1. The van der Waals surface area contributed by atoms with Crippen LogP contribution in [0.3, 0.4) is 0 Å². The number of aromatic nitrogens is 2. The van der Waals surface area contributed by atoms with E-state index in [-0.39, 0.29) is 25.0 Å². The number of phenols is 1. The van der Waals surface area contributed by atoms with Crippen molar-refractivity contribution in [1.29, 1.82) is 0 Å². The van der Waals surface area contributed by atoms with Crippen molar-refractivity contribution in [3.8, 4) is 5.75 Å². The average molecular weight is 521 g/mol. The molecule has 196 valence electrons. The second-order valence-corrected chi connectivity index (χ2v) is 9.22. The minimum atomic E-state index is -1.20. The number of nitrogens with two attached hydrogens (primary N) is 1. The summed E-state index contributed by atoms with van der Waals surface area (Å²) in [6, 6.07) is 2.07. The lowest BCUT2D eigenvalue weighted by Gasteiger charge is -2.24. The SMILES string of the molecule is CSCCC(NC(=O)C(Cc1cnc[nH]1)NC(=O)C(N)Cc1ccc(O)cc1)C(=O)NC(C)C(=O)O. The molecule has 0 aliphatic rings. The van der Waals surface area contributed by atoms with Gasteiger partial charge in [-0.25, -0.2) is 4.98 Å². The molecule has 0 saturated carbocycles. The standard InChI is InChI=1S/C23H32N6O6S/c1-13(23(34)35)27-21(32)18(7-8-36-2)28-22(33)19(10-15-11-25-12-26-15)29-20(31)17(24)9-14-3-5-16(30)6-4-14/h3-6,11-13,17-19,30H,7-10,24H2,1-2H3,(H,25,26)(H,27,32)(H,28,33)(H,29,31)(H,34,35). The van der Waals surface area contributed by atoms with Crippen LogP contribution in [0.2, 0.25) is 0 Å². The molecule has 12 nitrogen and oxygen atoms in total. The molecule has 2 aromatic rings. The lowest BCUT2D eigenvalue weighted by Crippen LogP contribution is -2.57. The van der Waals surface area contributed by atoms with Crippen molar-refractivity contribution >= 4 is 35.5 Å². The highest BCUT2D eigenvalue weighted by Crippen LogP contribution is 2.11. The first-order chi connectivity index (χ1) is 17.1. The van der Waals surface area contributed by atoms with Gasteiger partial charge >= 0.3 is 5.97 Å². The van der Waals surface area contributed by atoms with E-state index < -0.39 is 47.9 Å². The maximum absolute atomic E-state index is 13.2. The number of aromatic hydroxyl groups is 1. The Bertz CT molecular complexity index is 1020. The lowest BCUT2D eigenvalue weighted by atomic mass is 10.0. The monoisotopic (exact) mass is 520 g/mol. The predicted molar refractivity (Wildman–Crippen MR) is 134 cm³/mol. The van der Waals surface area contributed by atoms with Crippen LogP contribution >= 0.6 is 11.8 Å². The molecule has 0 saturated heterocycles. The Morgan fingerprint density at radius 2 is 1.67 bits per heavy atom. The molecule has 4 atom stereocenters. The summed E-state index contributed by atoms with van der Waals surface area (Å²) in [5, 5.41) is 26.1. The van der Waals surface area contributed by atoms with Crippen LogP contribution in [0.25, 0.3) is 0 Å². The Balaban J connectivity index is 2.13. The first-order valence-electron chi connectivity index (χ1n) is 11.2. The van der Waals surface area contributed by atoms with E-state index in [9.17, 15) is 24.3 Å². The fraction of sp³-hybridized carbons (Fsp3) is 0.435. The highest BCUT2D eigenvalue weighted by Gasteiger charge is 2.29. The van der Waals surface area contributed by atoms with Gasteiger partial charge in [-0.3, -0.25) is 19.2 Å². The van der Waals surface area contributed by atoms with Crippen molar-refractivity contribution in [3.05, 3.63) is 48.0 Å². The Morgan fingerprint density at radius 3 is 2.25 bits per heavy atom. The summed E-state index contributed by atoms with van der Waals surface area (Å²) in [5.41, 5.74) is 7.36. The van der Waals surface area contributed by atoms with E-state index in [2.05, 4.69) is 25.9 Å². The summed E-state index contributed by atoms with van der Waals surface area (Å²) in [7, 11) is 0. The number of phenolic OH excluding ortho intramolecular Hbond substituents is 1. The minimum Gasteiger partial charge on any atom is -0.508 e. The molecule has 0 spiro atoms. The number of carboxylic acids is 1. The van der Waals surface area contributed by atoms with Gasteiger partial charge in [0.2, 0.25) is 17.7 Å². The van der Waals surface area contributed by atoms with Gasteiger partial charge in [0.1, 0.15) is 23.9 Å². The van der Waals surface area contributed by atoms with Crippen molar-refractivity contribution < 1.29 is 29.4 Å². The summed E-state index contributed by atoms with van der Waals surface area (Å²) in [4.78, 5) is 56.6. The predicted octanol–water partition coefficient (Wildman–Crippen LogP) is -0.460. The van der Waals surface area contributed by atoms with Crippen molar-refractivity contribution in [2.75, 3.05) is 12.0 Å². The number of hydrogen-bond donors (Lipinski definition) is 7. The van der Waals surface area contributed by atoms with Crippen molar-refractivity contribution in [2.24, 2.45) is 5.73 Å². The molecule has 1 heterocycles. The van der Waals surface area contributed by atoms with E-state index in [0.717, 1.165) is 5.56 Å². The second-order valence-electron chi connectivity index (χ2n) is 8.23. The molecule has 8 N–H and O–H groups in total. The van der Waals surface area contributed by atoms with Crippen LogP contribution in [0, 0.1) is 0 Å². The van der Waals surface area contributed by atoms with Crippen LogP contribution in [0.4, 0.5) is 0 Å². The molecule has 0 radical (unpaired) electrons. The number of benzene rings is 1. The molecule has 0 aliphatic carbocycles. The van der Waals surface area contributed by atoms with Gasteiger partial charge in [0.05, 0.1) is 12.4 Å². The first kappa shape index (κ1) is 28.7. The van der Waals surface area contributed by atoms with Gasteiger partial charge < -0.3 is 36.9 Å². The Hall–Kier alpha value is -3.58. The third-order valence-corrected chi connectivity index (χ3v) is 5.96. The molecule has 2 rings (SSSR count). The molecule has 3 amide bonds. The van der Waals surface area contributed by atoms with Gasteiger partial charge in [0.15, 0.2) is 0 Å². The molecule has 0 aliphatic heterocycles. The van der Waals surface area contributed by atoms with E-state index in [1.165, 1.54) is 43.3 Å². The minimum absolute atomic E-state index is 0.0614.